The summed E-state index contributed by atoms with van der Waals surface area (Å²) in [6.45, 7) is 6.20. The van der Waals surface area contributed by atoms with Gasteiger partial charge in [0.25, 0.3) is 5.82 Å². The number of allylic oxidation sites excluding steroid dienone is 2. The standard InChI is InChI=1S/C20H22N4O3/c1-4-11-5-7-12(8-6-11)16-15-13(9-20(2,3)10-14(15)25)21-19-22-17(18(26)27)23-24(16)19/h5-8,16H,4,9-10H2,1-3H3,(H,26,27)(H,21,22,23)/t16-/m1/s1. The minimum absolute atomic E-state index is 0.0661. The normalized spacial score (nSPS) is 20.7. The Bertz CT molecular complexity index is 970. The van der Waals surface area contributed by atoms with Crippen LogP contribution in [0.15, 0.2) is 35.5 Å². The van der Waals surface area contributed by atoms with Crippen molar-refractivity contribution < 1.29 is 14.7 Å². The maximum absolute atomic E-state index is 13.0. The number of hydrogen-bond donors (Lipinski definition) is 2. The van der Waals surface area contributed by atoms with Gasteiger partial charge in [0.1, 0.15) is 6.04 Å². The molecular formula is C20H22N4O3. The van der Waals surface area contributed by atoms with Crippen molar-refractivity contribution in [1.29, 1.82) is 0 Å². The van der Waals surface area contributed by atoms with Gasteiger partial charge >= 0.3 is 5.97 Å². The zero-order valence-electron chi connectivity index (χ0n) is 15.6. The van der Waals surface area contributed by atoms with Crippen molar-refractivity contribution >= 4 is 17.7 Å². The van der Waals surface area contributed by atoms with Crippen molar-refractivity contribution in [3.05, 3.63) is 52.5 Å². The first-order chi connectivity index (χ1) is 12.8. The first-order valence-corrected chi connectivity index (χ1v) is 9.11. The first kappa shape index (κ1) is 17.5. The number of hydrogen-bond acceptors (Lipinski definition) is 5. The third-order valence-electron chi connectivity index (χ3n) is 5.23. The van der Waals surface area contributed by atoms with Crippen LogP contribution in [0.5, 0.6) is 0 Å². The fourth-order valence-electron chi connectivity index (χ4n) is 3.94. The van der Waals surface area contributed by atoms with E-state index in [1.54, 1.807) is 0 Å². The molecule has 1 aromatic carbocycles. The highest BCUT2D eigenvalue weighted by Crippen LogP contribution is 2.45. The zero-order valence-corrected chi connectivity index (χ0v) is 15.6. The quantitative estimate of drug-likeness (QED) is 0.866. The fourth-order valence-corrected chi connectivity index (χ4v) is 3.94. The summed E-state index contributed by atoms with van der Waals surface area (Å²) in [6.07, 6.45) is 2.07. The van der Waals surface area contributed by atoms with Gasteiger partial charge in [-0.15, -0.1) is 5.10 Å². The SMILES string of the molecule is CCc1ccc([C@@H]2C3=C(CC(C)(C)CC3=O)Nc3nc(C(=O)O)nn32)cc1. The Balaban J connectivity index is 1.89. The molecular weight excluding hydrogens is 344 g/mol. The third-order valence-corrected chi connectivity index (χ3v) is 5.23. The molecule has 1 aliphatic heterocycles. The van der Waals surface area contributed by atoms with E-state index in [0.717, 1.165) is 17.7 Å². The van der Waals surface area contributed by atoms with E-state index in [1.807, 2.05) is 24.3 Å². The molecule has 1 aliphatic carbocycles. The molecule has 2 heterocycles. The van der Waals surface area contributed by atoms with Crippen molar-refractivity contribution in [3.63, 3.8) is 0 Å². The van der Waals surface area contributed by atoms with Crippen molar-refractivity contribution in [2.24, 2.45) is 5.41 Å². The number of ketones is 1. The summed E-state index contributed by atoms with van der Waals surface area (Å²) in [6, 6.07) is 7.57. The van der Waals surface area contributed by atoms with E-state index in [0.29, 0.717) is 24.4 Å². The van der Waals surface area contributed by atoms with E-state index in [4.69, 9.17) is 0 Å². The highest BCUT2D eigenvalue weighted by atomic mass is 16.4. The van der Waals surface area contributed by atoms with Gasteiger partial charge in [-0.25, -0.2) is 9.48 Å². The predicted molar refractivity (Wildman–Crippen MR) is 99.6 cm³/mol. The van der Waals surface area contributed by atoms with E-state index >= 15 is 0 Å². The van der Waals surface area contributed by atoms with Crippen molar-refractivity contribution in [1.82, 2.24) is 14.8 Å². The number of fused-ring (bicyclic) bond motifs is 1. The van der Waals surface area contributed by atoms with Crippen molar-refractivity contribution in [2.75, 3.05) is 5.32 Å². The molecule has 27 heavy (non-hydrogen) atoms. The number of benzene rings is 1. The number of rotatable bonds is 3. The Morgan fingerprint density at radius 1 is 1.30 bits per heavy atom. The molecule has 0 unspecified atom stereocenters. The van der Waals surface area contributed by atoms with Gasteiger partial charge in [-0.2, -0.15) is 4.98 Å². The number of aromatic carboxylic acids is 1. The van der Waals surface area contributed by atoms with Crippen LogP contribution in [0.4, 0.5) is 5.95 Å². The number of anilines is 1. The molecule has 2 aromatic rings. The molecule has 0 saturated carbocycles. The van der Waals surface area contributed by atoms with E-state index < -0.39 is 12.0 Å². The second-order valence-corrected chi connectivity index (χ2v) is 7.96. The molecule has 0 fully saturated rings. The predicted octanol–water partition coefficient (Wildman–Crippen LogP) is 3.20. The van der Waals surface area contributed by atoms with E-state index in [-0.39, 0.29) is 17.0 Å². The van der Waals surface area contributed by atoms with Crippen LogP contribution in [0.1, 0.15) is 61.4 Å². The number of nitrogens with one attached hydrogen (secondary N) is 1. The van der Waals surface area contributed by atoms with Gasteiger partial charge < -0.3 is 10.4 Å². The van der Waals surface area contributed by atoms with Gasteiger partial charge in [-0.1, -0.05) is 45.0 Å². The number of aryl methyl sites for hydroxylation is 1. The molecule has 0 bridgehead atoms. The highest BCUT2D eigenvalue weighted by Gasteiger charge is 2.42. The molecule has 0 amide bonds. The Morgan fingerprint density at radius 2 is 2.00 bits per heavy atom. The molecule has 1 aromatic heterocycles. The lowest BCUT2D eigenvalue weighted by atomic mass is 9.73. The number of aromatic nitrogens is 3. The molecule has 140 valence electrons. The van der Waals surface area contributed by atoms with Crippen LogP contribution in [0.2, 0.25) is 0 Å². The average Bonchev–Trinajstić information content (AvgIpc) is 3.03. The number of Topliss-reactive ketones (excluding diaryl/α,β-unsaturated/α-hetero) is 1. The van der Waals surface area contributed by atoms with Crippen LogP contribution in [0.25, 0.3) is 0 Å². The van der Waals surface area contributed by atoms with E-state index in [1.165, 1.54) is 10.2 Å². The number of carboxylic acids is 1. The molecule has 7 nitrogen and oxygen atoms in total. The lowest BCUT2D eigenvalue weighted by Gasteiger charge is -2.38. The largest absolute Gasteiger partial charge is 0.475 e. The summed E-state index contributed by atoms with van der Waals surface area (Å²) in [4.78, 5) is 28.5. The van der Waals surface area contributed by atoms with Crippen LogP contribution in [0, 0.1) is 5.41 Å². The number of carbonyl (C=O) groups is 2. The maximum Gasteiger partial charge on any atom is 0.375 e. The number of carbonyl (C=O) groups excluding carboxylic acids is 1. The van der Waals surface area contributed by atoms with Gasteiger partial charge in [-0.05, 0) is 29.4 Å². The maximum atomic E-state index is 13.0. The van der Waals surface area contributed by atoms with Crippen LogP contribution in [-0.4, -0.2) is 31.6 Å². The first-order valence-electron chi connectivity index (χ1n) is 9.11. The zero-order chi connectivity index (χ0) is 19.3. The summed E-state index contributed by atoms with van der Waals surface area (Å²) < 4.78 is 1.53. The third kappa shape index (κ3) is 2.93. The van der Waals surface area contributed by atoms with Crippen molar-refractivity contribution in [2.45, 2.75) is 46.1 Å². The summed E-state index contributed by atoms with van der Waals surface area (Å²) in [7, 11) is 0. The van der Waals surface area contributed by atoms with Gasteiger partial charge in [0, 0.05) is 17.7 Å². The van der Waals surface area contributed by atoms with Gasteiger partial charge in [-0.3, -0.25) is 4.79 Å². The van der Waals surface area contributed by atoms with Crippen LogP contribution >= 0.6 is 0 Å². The smallest absolute Gasteiger partial charge is 0.375 e. The summed E-state index contributed by atoms with van der Waals surface area (Å²) in [5, 5.41) is 16.6. The summed E-state index contributed by atoms with van der Waals surface area (Å²) >= 11 is 0. The minimum Gasteiger partial charge on any atom is -0.475 e. The highest BCUT2D eigenvalue weighted by molar-refractivity contribution is 6.00. The number of carboxylic acid groups (broad SMARTS) is 1. The molecule has 0 spiro atoms. The van der Waals surface area contributed by atoms with Gasteiger partial charge in [0.05, 0.1) is 0 Å². The Morgan fingerprint density at radius 3 is 2.63 bits per heavy atom. The lowest BCUT2D eigenvalue weighted by Crippen LogP contribution is -2.36. The summed E-state index contributed by atoms with van der Waals surface area (Å²) in [5.41, 5.74) is 3.42. The second-order valence-electron chi connectivity index (χ2n) is 7.96. The molecule has 4 rings (SSSR count). The molecule has 0 radical (unpaired) electrons. The van der Waals surface area contributed by atoms with E-state index in [9.17, 15) is 14.7 Å². The van der Waals surface area contributed by atoms with Crippen LogP contribution in [0.3, 0.4) is 0 Å². The Labute approximate surface area is 157 Å². The van der Waals surface area contributed by atoms with Gasteiger partial charge in [0.15, 0.2) is 5.78 Å². The lowest BCUT2D eigenvalue weighted by molar-refractivity contribution is -0.118. The molecule has 7 heteroatoms. The molecule has 2 aliphatic rings. The Hall–Kier alpha value is -2.96. The topological polar surface area (TPSA) is 97.1 Å². The Kier molecular flexibility index (Phi) is 3.91. The van der Waals surface area contributed by atoms with E-state index in [2.05, 4.69) is 36.2 Å². The fraction of sp³-hybridized carbons (Fsp3) is 0.400. The second kappa shape index (κ2) is 6.04. The molecule has 2 N–H and O–H groups in total. The van der Waals surface area contributed by atoms with Crippen LogP contribution in [-0.2, 0) is 11.2 Å². The summed E-state index contributed by atoms with van der Waals surface area (Å²) in [5.74, 6) is -1.04. The minimum atomic E-state index is -1.19. The monoisotopic (exact) mass is 366 g/mol. The van der Waals surface area contributed by atoms with Gasteiger partial charge in [0.2, 0.25) is 5.95 Å². The van der Waals surface area contributed by atoms with Crippen LogP contribution < -0.4 is 5.32 Å². The molecule has 0 saturated heterocycles. The average molecular weight is 366 g/mol. The molecule has 1 atom stereocenters. The number of nitrogens with zero attached hydrogens (tertiary/aromatic N) is 3. The van der Waals surface area contributed by atoms with Crippen molar-refractivity contribution in [3.8, 4) is 0 Å².